The summed E-state index contributed by atoms with van der Waals surface area (Å²) in [4.78, 5) is 11.4. The first-order valence-electron chi connectivity index (χ1n) is 4.74. The maximum Gasteiger partial charge on any atom is 0.224 e. The van der Waals surface area contributed by atoms with E-state index in [0.717, 1.165) is 0 Å². The molecule has 82 valence electrons. The molecule has 0 aliphatic rings. The number of amides is 1. The van der Waals surface area contributed by atoms with Gasteiger partial charge in [-0.15, -0.1) is 0 Å². The molecule has 0 unspecified atom stereocenters. The molecule has 0 radical (unpaired) electrons. The third-order valence-electron chi connectivity index (χ3n) is 1.80. The molecular formula is C11H13ClFNO. The second-order valence-corrected chi connectivity index (χ2v) is 4.21. The van der Waals surface area contributed by atoms with Crippen molar-refractivity contribution in [1.29, 1.82) is 0 Å². The Labute approximate surface area is 93.4 Å². The van der Waals surface area contributed by atoms with Gasteiger partial charge in [-0.05, 0) is 24.1 Å². The van der Waals surface area contributed by atoms with Gasteiger partial charge in [0.2, 0.25) is 5.91 Å². The maximum absolute atomic E-state index is 13.2. The Kier molecular flexibility index (Phi) is 4.09. The molecule has 0 saturated heterocycles. The highest BCUT2D eigenvalue weighted by Gasteiger charge is 2.08. The highest BCUT2D eigenvalue weighted by atomic mass is 35.5. The van der Waals surface area contributed by atoms with Crippen LogP contribution in [0.15, 0.2) is 18.2 Å². The van der Waals surface area contributed by atoms with Gasteiger partial charge in [-0.25, -0.2) is 4.39 Å². The van der Waals surface area contributed by atoms with Gasteiger partial charge in [0.15, 0.2) is 0 Å². The fourth-order valence-electron chi connectivity index (χ4n) is 1.17. The van der Waals surface area contributed by atoms with Crippen LogP contribution in [0.3, 0.4) is 0 Å². The molecule has 0 aliphatic carbocycles. The number of anilines is 1. The molecule has 1 rings (SSSR count). The molecule has 15 heavy (non-hydrogen) atoms. The Balaban J connectivity index is 2.71. The fraction of sp³-hybridized carbons (Fsp3) is 0.364. The summed E-state index contributed by atoms with van der Waals surface area (Å²) in [6, 6.07) is 4.07. The second-order valence-electron chi connectivity index (χ2n) is 3.77. The zero-order valence-electron chi connectivity index (χ0n) is 8.68. The number of hydrogen-bond donors (Lipinski definition) is 1. The van der Waals surface area contributed by atoms with E-state index in [1.807, 2.05) is 13.8 Å². The van der Waals surface area contributed by atoms with Gasteiger partial charge in [0, 0.05) is 11.4 Å². The van der Waals surface area contributed by atoms with Crippen molar-refractivity contribution in [2.75, 3.05) is 5.32 Å². The van der Waals surface area contributed by atoms with Crippen LogP contribution < -0.4 is 5.32 Å². The van der Waals surface area contributed by atoms with E-state index in [0.29, 0.717) is 11.4 Å². The fourth-order valence-corrected chi connectivity index (χ4v) is 1.34. The molecule has 4 heteroatoms. The van der Waals surface area contributed by atoms with Crippen LogP contribution in [0, 0.1) is 11.7 Å². The molecule has 0 atom stereocenters. The molecule has 1 N–H and O–H groups in total. The predicted octanol–water partition coefficient (Wildman–Crippen LogP) is 3.46. The first-order chi connectivity index (χ1) is 6.99. The van der Waals surface area contributed by atoms with Crippen molar-refractivity contribution in [3.05, 3.63) is 29.0 Å². The largest absolute Gasteiger partial charge is 0.324 e. The molecule has 0 heterocycles. The first-order valence-corrected chi connectivity index (χ1v) is 5.11. The Bertz CT molecular complexity index is 366. The van der Waals surface area contributed by atoms with Crippen LogP contribution in [0.1, 0.15) is 20.3 Å². The van der Waals surface area contributed by atoms with Gasteiger partial charge in [-0.3, -0.25) is 4.79 Å². The summed E-state index contributed by atoms with van der Waals surface area (Å²) in [6.07, 6.45) is 0.367. The molecular weight excluding hydrogens is 217 g/mol. The number of carbonyl (C=O) groups is 1. The third-order valence-corrected chi connectivity index (χ3v) is 2.03. The summed E-state index contributed by atoms with van der Waals surface area (Å²) in [5.74, 6) is -0.435. The van der Waals surface area contributed by atoms with Crippen molar-refractivity contribution in [3.8, 4) is 0 Å². The first kappa shape index (κ1) is 12.0. The van der Waals surface area contributed by atoms with Crippen LogP contribution in [-0.2, 0) is 4.79 Å². The van der Waals surface area contributed by atoms with E-state index in [1.165, 1.54) is 18.2 Å². The summed E-state index contributed by atoms with van der Waals surface area (Å²) < 4.78 is 13.2. The molecule has 1 aromatic carbocycles. The lowest BCUT2D eigenvalue weighted by Gasteiger charge is -2.08. The van der Waals surface area contributed by atoms with Crippen molar-refractivity contribution < 1.29 is 9.18 Å². The lowest BCUT2D eigenvalue weighted by atomic mass is 10.1. The zero-order valence-corrected chi connectivity index (χ0v) is 9.44. The van der Waals surface area contributed by atoms with Gasteiger partial charge in [0.05, 0.1) is 5.69 Å². The topological polar surface area (TPSA) is 29.1 Å². The standard InChI is InChI=1S/C11H13ClFNO/c1-7(2)5-11(15)14-10-6-8(12)3-4-9(10)13/h3-4,6-7H,5H2,1-2H3,(H,14,15). The highest BCUT2D eigenvalue weighted by molar-refractivity contribution is 6.30. The summed E-state index contributed by atoms with van der Waals surface area (Å²) in [5.41, 5.74) is 0.133. The van der Waals surface area contributed by atoms with Gasteiger partial charge in [-0.2, -0.15) is 0 Å². The number of nitrogens with one attached hydrogen (secondary N) is 1. The van der Waals surface area contributed by atoms with Crippen molar-refractivity contribution >= 4 is 23.2 Å². The van der Waals surface area contributed by atoms with Gasteiger partial charge >= 0.3 is 0 Å². The molecule has 0 aromatic heterocycles. The average molecular weight is 230 g/mol. The summed E-state index contributed by atoms with van der Waals surface area (Å²) in [5, 5.41) is 2.88. The minimum Gasteiger partial charge on any atom is -0.324 e. The minimum absolute atomic E-state index is 0.133. The molecule has 2 nitrogen and oxygen atoms in total. The van der Waals surface area contributed by atoms with Gasteiger partial charge in [0.25, 0.3) is 0 Å². The van der Waals surface area contributed by atoms with Crippen molar-refractivity contribution in [2.24, 2.45) is 5.92 Å². The van der Waals surface area contributed by atoms with Crippen LogP contribution in [0.25, 0.3) is 0 Å². The lowest BCUT2D eigenvalue weighted by Crippen LogP contribution is -2.14. The summed E-state index contributed by atoms with van der Waals surface area (Å²) in [6.45, 7) is 3.85. The molecule has 0 spiro atoms. The van der Waals surface area contributed by atoms with Crippen molar-refractivity contribution in [3.63, 3.8) is 0 Å². The lowest BCUT2D eigenvalue weighted by molar-refractivity contribution is -0.116. The predicted molar refractivity (Wildman–Crippen MR) is 59.5 cm³/mol. The molecule has 0 fully saturated rings. The van der Waals surface area contributed by atoms with Crippen LogP contribution in [0.5, 0.6) is 0 Å². The molecule has 0 saturated carbocycles. The van der Waals surface area contributed by atoms with Gasteiger partial charge in [0.1, 0.15) is 5.82 Å². The van der Waals surface area contributed by atoms with E-state index in [2.05, 4.69) is 5.32 Å². The summed E-state index contributed by atoms with van der Waals surface area (Å²) >= 11 is 5.69. The van der Waals surface area contributed by atoms with Crippen molar-refractivity contribution in [1.82, 2.24) is 0 Å². The van der Waals surface area contributed by atoms with Gasteiger partial charge < -0.3 is 5.32 Å². The third kappa shape index (κ3) is 3.88. The number of carbonyl (C=O) groups excluding carboxylic acids is 1. The number of hydrogen-bond acceptors (Lipinski definition) is 1. The van der Waals surface area contributed by atoms with E-state index >= 15 is 0 Å². The Hall–Kier alpha value is -1.09. The molecule has 0 aliphatic heterocycles. The zero-order chi connectivity index (χ0) is 11.4. The highest BCUT2D eigenvalue weighted by Crippen LogP contribution is 2.19. The van der Waals surface area contributed by atoms with E-state index in [9.17, 15) is 9.18 Å². The molecule has 1 amide bonds. The van der Waals surface area contributed by atoms with Crippen LogP contribution in [-0.4, -0.2) is 5.91 Å². The van der Waals surface area contributed by atoms with E-state index in [1.54, 1.807) is 0 Å². The quantitative estimate of drug-likeness (QED) is 0.845. The van der Waals surface area contributed by atoms with Crippen LogP contribution in [0.4, 0.5) is 10.1 Å². The van der Waals surface area contributed by atoms with E-state index < -0.39 is 5.82 Å². The minimum atomic E-state index is -0.475. The van der Waals surface area contributed by atoms with Crippen molar-refractivity contribution in [2.45, 2.75) is 20.3 Å². The van der Waals surface area contributed by atoms with Crippen LogP contribution >= 0.6 is 11.6 Å². The average Bonchev–Trinajstić information content (AvgIpc) is 2.10. The Morgan fingerprint density at radius 3 is 2.80 bits per heavy atom. The Morgan fingerprint density at radius 1 is 1.53 bits per heavy atom. The number of benzene rings is 1. The normalized spacial score (nSPS) is 10.5. The molecule has 0 bridgehead atoms. The monoisotopic (exact) mass is 229 g/mol. The van der Waals surface area contributed by atoms with E-state index in [-0.39, 0.29) is 17.5 Å². The number of halogens is 2. The number of rotatable bonds is 3. The molecule has 1 aromatic rings. The Morgan fingerprint density at radius 2 is 2.20 bits per heavy atom. The van der Waals surface area contributed by atoms with Gasteiger partial charge in [-0.1, -0.05) is 25.4 Å². The summed E-state index contributed by atoms with van der Waals surface area (Å²) in [7, 11) is 0. The SMILES string of the molecule is CC(C)CC(=O)Nc1cc(Cl)ccc1F. The maximum atomic E-state index is 13.2. The van der Waals surface area contributed by atoms with Crippen LogP contribution in [0.2, 0.25) is 5.02 Å². The van der Waals surface area contributed by atoms with E-state index in [4.69, 9.17) is 11.6 Å². The smallest absolute Gasteiger partial charge is 0.224 e. The second kappa shape index (κ2) is 5.12.